The molecule has 0 radical (unpaired) electrons. The van der Waals surface area contributed by atoms with E-state index in [1.807, 2.05) is 38.1 Å². The lowest BCUT2D eigenvalue weighted by atomic mass is 9.83. The highest BCUT2D eigenvalue weighted by atomic mass is 32.2. The lowest BCUT2D eigenvalue weighted by Gasteiger charge is -2.43. The fraction of sp³-hybridized carbons (Fsp3) is 0.409. The van der Waals surface area contributed by atoms with Crippen molar-refractivity contribution in [1.82, 2.24) is 4.31 Å². The number of hydrogen-bond donors (Lipinski definition) is 0. The number of benzene rings is 2. The molecule has 0 bridgehead atoms. The number of carbonyl (C=O) groups excluding carboxylic acids is 1. The van der Waals surface area contributed by atoms with E-state index in [9.17, 15) is 13.2 Å². The maximum Gasteiger partial charge on any atom is 0.246 e. The van der Waals surface area contributed by atoms with Crippen LogP contribution in [-0.4, -0.2) is 44.3 Å². The number of piperidine rings is 1. The Hall–Kier alpha value is -2.38. The highest BCUT2D eigenvalue weighted by Gasteiger charge is 2.45. The van der Waals surface area contributed by atoms with Gasteiger partial charge in [0, 0.05) is 25.9 Å². The highest BCUT2D eigenvalue weighted by molar-refractivity contribution is 7.89. The molecule has 154 valence electrons. The number of aryl methyl sites for hydroxylation is 2. The molecule has 1 spiro atoms. The maximum atomic E-state index is 13.2. The van der Waals surface area contributed by atoms with Gasteiger partial charge in [-0.3, -0.25) is 4.79 Å². The van der Waals surface area contributed by atoms with Crippen LogP contribution >= 0.6 is 0 Å². The number of methoxy groups -OCH3 is 1. The van der Waals surface area contributed by atoms with Crippen molar-refractivity contribution in [2.24, 2.45) is 0 Å². The van der Waals surface area contributed by atoms with E-state index in [-0.39, 0.29) is 17.1 Å². The minimum Gasteiger partial charge on any atom is -0.495 e. The van der Waals surface area contributed by atoms with Gasteiger partial charge in [0.05, 0.1) is 19.1 Å². The molecule has 6 nitrogen and oxygen atoms in total. The lowest BCUT2D eigenvalue weighted by molar-refractivity contribution is 0.00588. The molecule has 0 unspecified atom stereocenters. The van der Waals surface area contributed by atoms with E-state index in [1.165, 1.54) is 11.4 Å². The molecule has 0 amide bonds. The zero-order chi connectivity index (χ0) is 20.8. The molecule has 1 fully saturated rings. The summed E-state index contributed by atoms with van der Waals surface area (Å²) in [6.45, 7) is 4.40. The third-order valence-corrected chi connectivity index (χ3v) is 7.74. The quantitative estimate of drug-likeness (QED) is 0.767. The Morgan fingerprint density at radius 3 is 2.38 bits per heavy atom. The smallest absolute Gasteiger partial charge is 0.246 e. The number of Topliss-reactive ketones (excluding diaryl/α,β-unsaturated/α-hetero) is 1. The van der Waals surface area contributed by atoms with E-state index < -0.39 is 15.6 Å². The van der Waals surface area contributed by atoms with Gasteiger partial charge in [-0.1, -0.05) is 17.7 Å². The number of nitrogens with zero attached hydrogens (tertiary/aromatic N) is 1. The minimum absolute atomic E-state index is 0.0617. The minimum atomic E-state index is -3.69. The van der Waals surface area contributed by atoms with Crippen LogP contribution in [0, 0.1) is 13.8 Å². The van der Waals surface area contributed by atoms with Gasteiger partial charge in [0.2, 0.25) is 10.0 Å². The Labute approximate surface area is 171 Å². The molecule has 0 saturated carbocycles. The van der Waals surface area contributed by atoms with Crippen molar-refractivity contribution in [1.29, 1.82) is 0 Å². The number of ether oxygens (including phenoxy) is 2. The summed E-state index contributed by atoms with van der Waals surface area (Å²) >= 11 is 0. The average molecular weight is 416 g/mol. The Kier molecular flexibility index (Phi) is 4.91. The Morgan fingerprint density at radius 1 is 1.03 bits per heavy atom. The van der Waals surface area contributed by atoms with Gasteiger partial charge in [0.15, 0.2) is 5.78 Å². The molecule has 0 aromatic heterocycles. The molecule has 2 aliphatic rings. The van der Waals surface area contributed by atoms with Gasteiger partial charge in [-0.25, -0.2) is 8.42 Å². The number of sulfonamides is 1. The molecular weight excluding hydrogens is 390 g/mol. The molecule has 2 aromatic rings. The lowest BCUT2D eigenvalue weighted by Crippen LogP contribution is -2.52. The van der Waals surface area contributed by atoms with Crippen LogP contribution in [0.2, 0.25) is 0 Å². The van der Waals surface area contributed by atoms with Crippen LogP contribution in [0.3, 0.4) is 0 Å². The summed E-state index contributed by atoms with van der Waals surface area (Å²) in [6.07, 6.45) is 1.23. The van der Waals surface area contributed by atoms with Crippen LogP contribution in [0.4, 0.5) is 0 Å². The van der Waals surface area contributed by atoms with Crippen LogP contribution in [0.1, 0.15) is 40.7 Å². The second kappa shape index (κ2) is 7.15. The van der Waals surface area contributed by atoms with Crippen LogP contribution < -0.4 is 9.47 Å². The van der Waals surface area contributed by atoms with E-state index in [4.69, 9.17) is 9.47 Å². The van der Waals surface area contributed by atoms with E-state index >= 15 is 0 Å². The maximum absolute atomic E-state index is 13.2. The third kappa shape index (κ3) is 3.53. The van der Waals surface area contributed by atoms with Crippen molar-refractivity contribution >= 4 is 15.8 Å². The van der Waals surface area contributed by atoms with E-state index in [1.54, 1.807) is 12.1 Å². The topological polar surface area (TPSA) is 72.9 Å². The first-order valence-electron chi connectivity index (χ1n) is 9.72. The Balaban J connectivity index is 1.56. The molecule has 1 saturated heterocycles. The van der Waals surface area contributed by atoms with Gasteiger partial charge in [-0.15, -0.1) is 0 Å². The van der Waals surface area contributed by atoms with Crippen LogP contribution in [0.15, 0.2) is 41.3 Å². The molecule has 0 atom stereocenters. The van der Waals surface area contributed by atoms with Crippen molar-refractivity contribution < 1.29 is 22.7 Å². The van der Waals surface area contributed by atoms with E-state index in [2.05, 4.69) is 0 Å². The summed E-state index contributed by atoms with van der Waals surface area (Å²) in [4.78, 5) is 12.9. The number of fused-ring (bicyclic) bond motifs is 1. The molecule has 0 aliphatic carbocycles. The molecule has 7 heteroatoms. The van der Waals surface area contributed by atoms with Gasteiger partial charge >= 0.3 is 0 Å². The summed E-state index contributed by atoms with van der Waals surface area (Å²) in [5.74, 6) is 0.999. The molecule has 2 aromatic carbocycles. The monoisotopic (exact) mass is 415 g/mol. The molecule has 0 N–H and O–H groups in total. The summed E-state index contributed by atoms with van der Waals surface area (Å²) in [6, 6.07) is 10.8. The van der Waals surface area contributed by atoms with E-state index in [0.717, 1.165) is 11.1 Å². The largest absolute Gasteiger partial charge is 0.495 e. The van der Waals surface area contributed by atoms with Crippen molar-refractivity contribution in [2.75, 3.05) is 20.2 Å². The Bertz CT molecular complexity index is 1070. The van der Waals surface area contributed by atoms with Gasteiger partial charge in [0.1, 0.15) is 22.0 Å². The van der Waals surface area contributed by atoms with Crippen molar-refractivity contribution in [3.8, 4) is 11.5 Å². The first-order valence-corrected chi connectivity index (χ1v) is 11.2. The predicted molar refractivity (Wildman–Crippen MR) is 109 cm³/mol. The van der Waals surface area contributed by atoms with Crippen LogP contribution in [0.25, 0.3) is 0 Å². The van der Waals surface area contributed by atoms with Crippen LogP contribution in [-0.2, 0) is 10.0 Å². The molecule has 2 aliphatic heterocycles. The highest BCUT2D eigenvalue weighted by Crippen LogP contribution is 2.41. The molecular formula is C22H25NO5S. The second-order valence-electron chi connectivity index (χ2n) is 7.94. The summed E-state index contributed by atoms with van der Waals surface area (Å²) in [5.41, 5.74) is 1.85. The third-order valence-electron chi connectivity index (χ3n) is 5.82. The van der Waals surface area contributed by atoms with Gasteiger partial charge in [0.25, 0.3) is 0 Å². The number of hydrogen-bond acceptors (Lipinski definition) is 5. The SMILES string of the molecule is COc1ccc(C)cc1S(=O)(=O)N1CCC2(CC1)CC(=O)c1cc(C)ccc1O2. The van der Waals surface area contributed by atoms with Crippen molar-refractivity contribution in [3.63, 3.8) is 0 Å². The summed E-state index contributed by atoms with van der Waals surface area (Å²) in [7, 11) is -2.23. The second-order valence-corrected chi connectivity index (χ2v) is 9.85. The molecule has 4 rings (SSSR count). The van der Waals surface area contributed by atoms with Gasteiger partial charge in [-0.05, 0) is 43.7 Å². The first-order chi connectivity index (χ1) is 13.7. The predicted octanol–water partition coefficient (Wildman–Crippen LogP) is 3.50. The zero-order valence-electron chi connectivity index (χ0n) is 16.9. The van der Waals surface area contributed by atoms with Gasteiger partial charge < -0.3 is 9.47 Å². The number of rotatable bonds is 3. The standard InChI is InChI=1S/C22H25NO5S/c1-15-4-6-19-17(12-15)18(24)14-22(28-19)8-10-23(11-9-22)29(25,26)21-13-16(2)5-7-20(21)27-3/h4-7,12-13H,8-11,14H2,1-3H3. The summed E-state index contributed by atoms with van der Waals surface area (Å²) < 4.78 is 39.4. The van der Waals surface area contributed by atoms with Crippen LogP contribution in [0.5, 0.6) is 11.5 Å². The van der Waals surface area contributed by atoms with Gasteiger partial charge in [-0.2, -0.15) is 4.31 Å². The Morgan fingerprint density at radius 2 is 1.69 bits per heavy atom. The van der Waals surface area contributed by atoms with Crippen molar-refractivity contribution in [2.45, 2.75) is 43.6 Å². The fourth-order valence-electron chi connectivity index (χ4n) is 4.15. The number of ketones is 1. The normalized spacial score (nSPS) is 18.9. The first kappa shape index (κ1) is 19.9. The molecule has 2 heterocycles. The fourth-order valence-corrected chi connectivity index (χ4v) is 5.83. The summed E-state index contributed by atoms with van der Waals surface area (Å²) in [5, 5.41) is 0. The zero-order valence-corrected chi connectivity index (χ0v) is 17.7. The van der Waals surface area contributed by atoms with Crippen molar-refractivity contribution in [3.05, 3.63) is 53.1 Å². The number of carbonyl (C=O) groups is 1. The van der Waals surface area contributed by atoms with E-state index in [0.29, 0.717) is 43.0 Å². The molecule has 29 heavy (non-hydrogen) atoms. The average Bonchev–Trinajstić information content (AvgIpc) is 2.69.